The molecule has 0 bridgehead atoms. The third-order valence-corrected chi connectivity index (χ3v) is 7.46. The molecule has 2 nitrogen and oxygen atoms in total. The van der Waals surface area contributed by atoms with Crippen LogP contribution in [0.25, 0.3) is 39.7 Å². The molecule has 1 aliphatic rings. The topological polar surface area (TPSA) is 20.5 Å². The molecule has 0 N–H and O–H groups in total. The van der Waals surface area contributed by atoms with Crippen LogP contribution in [0.5, 0.6) is 0 Å². The minimum Gasteiger partial charge on any atom is -0.456 e. The van der Waals surface area contributed by atoms with Crippen molar-refractivity contribution >= 4 is 17.1 Å². The number of allylic oxidation sites excluding steroid dienone is 3. The van der Waals surface area contributed by atoms with Crippen LogP contribution in [0.1, 0.15) is 22.3 Å². The molecule has 0 atom stereocenters. The van der Waals surface area contributed by atoms with Crippen LogP contribution in [-0.2, 0) is 4.74 Å². The Balaban J connectivity index is 1.53. The van der Waals surface area contributed by atoms with Crippen molar-refractivity contribution in [1.82, 2.24) is 0 Å². The van der Waals surface area contributed by atoms with Crippen LogP contribution in [-0.4, -0.2) is 0 Å². The third kappa shape index (κ3) is 5.72. The molecule has 43 heavy (non-hydrogen) atoms. The highest BCUT2D eigenvalue weighted by Crippen LogP contribution is 2.40. The second kappa shape index (κ2) is 12.0. The van der Waals surface area contributed by atoms with E-state index in [1.807, 2.05) is 72.8 Å². The van der Waals surface area contributed by atoms with Gasteiger partial charge >= 0.3 is 11.5 Å². The lowest BCUT2D eigenvalue weighted by atomic mass is 9.89. The van der Waals surface area contributed by atoms with Crippen molar-refractivity contribution in [3.8, 4) is 22.6 Å². The van der Waals surface area contributed by atoms with Crippen molar-refractivity contribution in [2.75, 3.05) is 0 Å². The van der Waals surface area contributed by atoms with Crippen LogP contribution in [0, 0.1) is 0 Å². The van der Waals surface area contributed by atoms with Crippen molar-refractivity contribution in [2.24, 2.45) is 0 Å². The normalized spacial score (nSPS) is 12.6. The first kappa shape index (κ1) is 26.2. The fraction of sp³-hybridized carbons (Fsp3) is 0. The molecule has 0 amide bonds. The Morgan fingerprint density at radius 3 is 1.19 bits per heavy atom. The minimum atomic E-state index is 0.803. The van der Waals surface area contributed by atoms with E-state index in [2.05, 4.69) is 103 Å². The average molecular weight is 554 g/mol. The van der Waals surface area contributed by atoms with Gasteiger partial charge in [-0.05, 0) is 53.1 Å². The summed E-state index contributed by atoms with van der Waals surface area (Å²) in [4.78, 5) is 0. The van der Waals surface area contributed by atoms with Crippen LogP contribution < -0.4 is 0 Å². The second-order valence-electron chi connectivity index (χ2n) is 10.4. The van der Waals surface area contributed by atoms with E-state index < -0.39 is 0 Å². The maximum atomic E-state index is 6.57. The standard InChI is InChI=1S/C41H29O2/c1-6-16-30(17-7-1)37-26-35(27-38(42-37)31-18-8-2-9-19-31)41(34-24-14-5-15-25-34)36-28-39(32-20-10-3-11-21-32)43-40(29-36)33-22-12-4-13-23-33/h1-29H/q+1. The first-order valence-electron chi connectivity index (χ1n) is 14.4. The molecule has 0 unspecified atom stereocenters. The average Bonchev–Trinajstić information content (AvgIpc) is 3.10. The van der Waals surface area contributed by atoms with E-state index in [-0.39, 0.29) is 0 Å². The van der Waals surface area contributed by atoms with Crippen LogP contribution in [0.3, 0.4) is 0 Å². The number of benzene rings is 5. The minimum absolute atomic E-state index is 0.803. The first-order chi connectivity index (χ1) is 21.3. The van der Waals surface area contributed by atoms with E-state index in [1.165, 1.54) is 0 Å². The molecular weight excluding hydrogens is 524 g/mol. The number of rotatable bonds is 6. The highest BCUT2D eigenvalue weighted by molar-refractivity contribution is 5.92. The lowest BCUT2D eigenvalue weighted by Gasteiger charge is -2.21. The molecule has 2 heteroatoms. The predicted octanol–water partition coefficient (Wildman–Crippen LogP) is 10.8. The zero-order valence-corrected chi connectivity index (χ0v) is 23.6. The van der Waals surface area contributed by atoms with Crippen molar-refractivity contribution in [3.63, 3.8) is 0 Å². The number of hydrogen-bond acceptors (Lipinski definition) is 1. The molecule has 204 valence electrons. The largest absolute Gasteiger partial charge is 0.456 e. The van der Waals surface area contributed by atoms with Gasteiger partial charge in [0.2, 0.25) is 0 Å². The van der Waals surface area contributed by atoms with Gasteiger partial charge in [-0.25, -0.2) is 4.42 Å². The van der Waals surface area contributed by atoms with E-state index in [4.69, 9.17) is 9.15 Å². The van der Waals surface area contributed by atoms with Gasteiger partial charge in [0.25, 0.3) is 0 Å². The van der Waals surface area contributed by atoms with Crippen molar-refractivity contribution in [1.29, 1.82) is 0 Å². The molecule has 2 heterocycles. The Bertz CT molecular complexity index is 1820. The zero-order valence-electron chi connectivity index (χ0n) is 23.6. The Labute approximate surface area is 252 Å². The smallest absolute Gasteiger partial charge is 0.361 e. The Kier molecular flexibility index (Phi) is 7.32. The Hall–Kier alpha value is -5.73. The molecule has 7 rings (SSSR count). The maximum Gasteiger partial charge on any atom is 0.361 e. The van der Waals surface area contributed by atoms with E-state index in [0.29, 0.717) is 0 Å². The number of ether oxygens (including phenoxy) is 1. The van der Waals surface area contributed by atoms with Crippen molar-refractivity contribution in [2.45, 2.75) is 0 Å². The molecule has 0 saturated heterocycles. The summed E-state index contributed by atoms with van der Waals surface area (Å²) in [5.74, 6) is 3.21. The summed E-state index contributed by atoms with van der Waals surface area (Å²) >= 11 is 0. The van der Waals surface area contributed by atoms with Crippen LogP contribution in [0.2, 0.25) is 0 Å². The molecule has 0 spiro atoms. The van der Waals surface area contributed by atoms with Gasteiger partial charge in [-0.2, -0.15) is 0 Å². The molecule has 1 aliphatic heterocycles. The zero-order chi connectivity index (χ0) is 28.8. The van der Waals surface area contributed by atoms with Crippen LogP contribution in [0.4, 0.5) is 0 Å². The van der Waals surface area contributed by atoms with Gasteiger partial charge < -0.3 is 4.74 Å². The highest BCUT2D eigenvalue weighted by atomic mass is 16.5. The summed E-state index contributed by atoms with van der Waals surface area (Å²) in [7, 11) is 0. The molecule has 0 saturated carbocycles. The molecule has 1 aromatic heterocycles. The Morgan fingerprint density at radius 2 is 0.767 bits per heavy atom. The van der Waals surface area contributed by atoms with Crippen LogP contribution in [0.15, 0.2) is 186 Å². The molecular formula is C41H29O2+. The highest BCUT2D eigenvalue weighted by Gasteiger charge is 2.25. The molecule has 6 aromatic rings. The van der Waals surface area contributed by atoms with Gasteiger partial charge in [0, 0.05) is 16.7 Å². The van der Waals surface area contributed by atoms with Gasteiger partial charge in [-0.3, -0.25) is 0 Å². The fourth-order valence-corrected chi connectivity index (χ4v) is 5.38. The quantitative estimate of drug-likeness (QED) is 0.191. The van der Waals surface area contributed by atoms with Crippen molar-refractivity contribution in [3.05, 3.63) is 204 Å². The van der Waals surface area contributed by atoms with Crippen LogP contribution >= 0.6 is 0 Å². The van der Waals surface area contributed by atoms with Crippen molar-refractivity contribution < 1.29 is 9.15 Å². The monoisotopic (exact) mass is 553 g/mol. The van der Waals surface area contributed by atoms with Gasteiger partial charge in [0.1, 0.15) is 11.5 Å². The SMILES string of the molecule is C1=C(c2ccccc2)OC(c2ccccc2)=CC1=C(c1ccccc1)c1cc(-c2ccccc2)[o+]c(-c2ccccc2)c1. The predicted molar refractivity (Wildman–Crippen MR) is 176 cm³/mol. The van der Waals surface area contributed by atoms with E-state index in [9.17, 15) is 0 Å². The lowest BCUT2D eigenvalue weighted by Crippen LogP contribution is -2.02. The molecule has 0 fully saturated rings. The van der Waals surface area contributed by atoms with E-state index in [0.717, 1.165) is 67.6 Å². The van der Waals surface area contributed by atoms with Gasteiger partial charge in [-0.15, -0.1) is 0 Å². The Morgan fingerprint density at radius 1 is 0.395 bits per heavy atom. The lowest BCUT2D eigenvalue weighted by molar-refractivity contribution is 0.467. The third-order valence-electron chi connectivity index (χ3n) is 7.46. The molecule has 0 aliphatic carbocycles. The van der Waals surface area contributed by atoms with Gasteiger partial charge in [-0.1, -0.05) is 127 Å². The summed E-state index contributed by atoms with van der Waals surface area (Å²) in [5.41, 5.74) is 8.39. The summed E-state index contributed by atoms with van der Waals surface area (Å²) < 4.78 is 13.1. The second-order valence-corrected chi connectivity index (χ2v) is 10.4. The summed E-state index contributed by atoms with van der Waals surface area (Å²) in [6.07, 6.45) is 4.30. The summed E-state index contributed by atoms with van der Waals surface area (Å²) in [5, 5.41) is 0. The van der Waals surface area contributed by atoms with Gasteiger partial charge in [0.05, 0.1) is 23.3 Å². The van der Waals surface area contributed by atoms with E-state index >= 15 is 0 Å². The summed E-state index contributed by atoms with van der Waals surface area (Å²) in [6.45, 7) is 0. The maximum absolute atomic E-state index is 6.57. The molecule has 5 aromatic carbocycles. The fourth-order valence-electron chi connectivity index (χ4n) is 5.38. The summed E-state index contributed by atoms with van der Waals surface area (Å²) in [6, 6.07) is 56.0. The van der Waals surface area contributed by atoms with E-state index in [1.54, 1.807) is 0 Å². The first-order valence-corrected chi connectivity index (χ1v) is 14.4. The molecule has 0 radical (unpaired) electrons. The number of hydrogen-bond donors (Lipinski definition) is 0. The van der Waals surface area contributed by atoms with Gasteiger partial charge in [0.15, 0.2) is 0 Å².